The minimum Gasteiger partial charge on any atom is -0.490 e. The highest BCUT2D eigenvalue weighted by Crippen LogP contribution is 2.30. The summed E-state index contributed by atoms with van der Waals surface area (Å²) in [5.41, 5.74) is -3.54. The van der Waals surface area contributed by atoms with Gasteiger partial charge >= 0.3 is 5.51 Å². The summed E-state index contributed by atoms with van der Waals surface area (Å²) in [6.07, 6.45) is 0. The Morgan fingerprint density at radius 3 is 2.53 bits per heavy atom. The maximum absolute atomic E-state index is 13.3. The fraction of sp³-hybridized carbons (Fsp3) is 0.400. The van der Waals surface area contributed by atoms with Gasteiger partial charge in [0.2, 0.25) is 0 Å². The Labute approximate surface area is 109 Å². The SMILES string of the molecule is Fc1cc(CBr)ccc1OCCSC(F)(F)F. The molecular formula is C10H9BrF4OS. The summed E-state index contributed by atoms with van der Waals surface area (Å²) in [6, 6.07) is 4.33. The monoisotopic (exact) mass is 332 g/mol. The first-order chi connectivity index (χ1) is 7.92. The van der Waals surface area contributed by atoms with Gasteiger partial charge in [0.1, 0.15) is 0 Å². The summed E-state index contributed by atoms with van der Waals surface area (Å²) >= 11 is 2.98. The normalized spacial score (nSPS) is 11.6. The van der Waals surface area contributed by atoms with Crippen molar-refractivity contribution in [1.82, 2.24) is 0 Å². The van der Waals surface area contributed by atoms with E-state index in [9.17, 15) is 17.6 Å². The lowest BCUT2D eigenvalue weighted by Crippen LogP contribution is -2.08. The maximum atomic E-state index is 13.3. The molecule has 0 heterocycles. The van der Waals surface area contributed by atoms with Gasteiger partial charge in [0, 0.05) is 11.1 Å². The van der Waals surface area contributed by atoms with Crippen molar-refractivity contribution in [3.63, 3.8) is 0 Å². The van der Waals surface area contributed by atoms with E-state index in [0.29, 0.717) is 5.33 Å². The predicted octanol–water partition coefficient (Wildman–Crippen LogP) is 4.35. The Hall–Kier alpha value is -0.430. The number of thioether (sulfide) groups is 1. The molecular weight excluding hydrogens is 324 g/mol. The molecule has 0 N–H and O–H groups in total. The molecule has 0 aliphatic heterocycles. The van der Waals surface area contributed by atoms with Crippen LogP contribution < -0.4 is 4.74 Å². The average Bonchev–Trinajstić information content (AvgIpc) is 2.24. The van der Waals surface area contributed by atoms with Gasteiger partial charge in [-0.05, 0) is 29.5 Å². The second-order valence-corrected chi connectivity index (χ2v) is 4.76. The molecule has 0 spiro atoms. The quantitative estimate of drug-likeness (QED) is 0.450. The maximum Gasteiger partial charge on any atom is 0.441 e. The van der Waals surface area contributed by atoms with Gasteiger partial charge in [0.15, 0.2) is 11.6 Å². The lowest BCUT2D eigenvalue weighted by atomic mass is 10.2. The number of benzene rings is 1. The Morgan fingerprint density at radius 1 is 1.29 bits per heavy atom. The van der Waals surface area contributed by atoms with Crippen molar-refractivity contribution in [2.24, 2.45) is 0 Å². The molecule has 7 heteroatoms. The molecule has 0 radical (unpaired) electrons. The summed E-state index contributed by atoms with van der Waals surface area (Å²) in [6.45, 7) is -0.186. The van der Waals surface area contributed by atoms with E-state index in [1.54, 1.807) is 6.07 Å². The third-order valence-corrected chi connectivity index (χ3v) is 3.10. The van der Waals surface area contributed by atoms with Gasteiger partial charge in [0.05, 0.1) is 6.61 Å². The lowest BCUT2D eigenvalue weighted by Gasteiger charge is -2.09. The van der Waals surface area contributed by atoms with Gasteiger partial charge in [-0.25, -0.2) is 4.39 Å². The predicted molar refractivity (Wildman–Crippen MR) is 63.0 cm³/mol. The molecule has 0 atom stereocenters. The molecule has 0 aliphatic carbocycles. The highest BCUT2D eigenvalue weighted by atomic mass is 79.9. The fourth-order valence-electron chi connectivity index (χ4n) is 1.05. The minimum absolute atomic E-state index is 0.0301. The Morgan fingerprint density at radius 2 is 2.00 bits per heavy atom. The summed E-state index contributed by atoms with van der Waals surface area (Å²) in [5, 5.41) is 0.508. The summed E-state index contributed by atoms with van der Waals surface area (Å²) in [5.74, 6) is -0.861. The van der Waals surface area contributed by atoms with Crippen LogP contribution in [0, 0.1) is 5.82 Å². The molecule has 0 saturated carbocycles. The molecule has 0 aromatic heterocycles. The first kappa shape index (κ1) is 14.6. The van der Waals surface area contributed by atoms with Gasteiger partial charge in [0.25, 0.3) is 0 Å². The molecule has 96 valence electrons. The van der Waals surface area contributed by atoms with Crippen molar-refractivity contribution < 1.29 is 22.3 Å². The minimum atomic E-state index is -4.28. The molecule has 1 rings (SSSR count). The second kappa shape index (κ2) is 6.49. The van der Waals surface area contributed by atoms with Crippen LogP contribution >= 0.6 is 27.7 Å². The van der Waals surface area contributed by atoms with Gasteiger partial charge in [-0.1, -0.05) is 22.0 Å². The molecule has 17 heavy (non-hydrogen) atoms. The fourth-order valence-corrected chi connectivity index (χ4v) is 1.80. The van der Waals surface area contributed by atoms with Crippen molar-refractivity contribution in [3.05, 3.63) is 29.6 Å². The van der Waals surface area contributed by atoms with Crippen molar-refractivity contribution in [3.8, 4) is 5.75 Å². The van der Waals surface area contributed by atoms with E-state index in [4.69, 9.17) is 4.74 Å². The summed E-state index contributed by atoms with van der Waals surface area (Å²) < 4.78 is 53.6. The topological polar surface area (TPSA) is 9.23 Å². The zero-order valence-corrected chi connectivity index (χ0v) is 11.0. The number of hydrogen-bond acceptors (Lipinski definition) is 2. The number of hydrogen-bond donors (Lipinski definition) is 0. The van der Waals surface area contributed by atoms with E-state index in [2.05, 4.69) is 15.9 Å². The van der Waals surface area contributed by atoms with Crippen LogP contribution in [0.15, 0.2) is 18.2 Å². The Kier molecular flexibility index (Phi) is 5.58. The van der Waals surface area contributed by atoms with E-state index in [-0.39, 0.29) is 29.9 Å². The molecule has 1 aromatic carbocycles. The second-order valence-electron chi connectivity index (χ2n) is 3.04. The molecule has 0 unspecified atom stereocenters. The van der Waals surface area contributed by atoms with E-state index < -0.39 is 11.3 Å². The van der Waals surface area contributed by atoms with Gasteiger partial charge in [-0.3, -0.25) is 0 Å². The summed E-state index contributed by atoms with van der Waals surface area (Å²) in [4.78, 5) is 0. The van der Waals surface area contributed by atoms with Gasteiger partial charge in [-0.15, -0.1) is 0 Å². The smallest absolute Gasteiger partial charge is 0.441 e. The van der Waals surface area contributed by atoms with Crippen molar-refractivity contribution >= 4 is 27.7 Å². The van der Waals surface area contributed by atoms with Gasteiger partial charge in [-0.2, -0.15) is 13.2 Å². The van der Waals surface area contributed by atoms with E-state index in [1.807, 2.05) is 0 Å². The largest absolute Gasteiger partial charge is 0.490 e. The highest BCUT2D eigenvalue weighted by Gasteiger charge is 2.27. The Bertz CT molecular complexity index is 370. The molecule has 1 aromatic rings. The molecule has 0 amide bonds. The average molecular weight is 333 g/mol. The zero-order valence-electron chi connectivity index (χ0n) is 8.56. The molecule has 1 nitrogen and oxygen atoms in total. The van der Waals surface area contributed by atoms with Crippen LogP contribution in [-0.4, -0.2) is 17.9 Å². The van der Waals surface area contributed by atoms with Crippen LogP contribution in [0.5, 0.6) is 5.75 Å². The van der Waals surface area contributed by atoms with Crippen LogP contribution in [0.25, 0.3) is 0 Å². The van der Waals surface area contributed by atoms with E-state index >= 15 is 0 Å². The standard InChI is InChI=1S/C10H9BrF4OS/c11-6-7-1-2-9(8(12)5-7)16-3-4-17-10(13,14)15/h1-2,5H,3-4,6H2. The first-order valence-electron chi connectivity index (χ1n) is 4.60. The first-order valence-corrected chi connectivity index (χ1v) is 6.71. The molecule has 0 aliphatic rings. The van der Waals surface area contributed by atoms with Crippen molar-refractivity contribution in [1.29, 1.82) is 0 Å². The van der Waals surface area contributed by atoms with Crippen LogP contribution in [0.3, 0.4) is 0 Å². The zero-order chi connectivity index (χ0) is 12.9. The lowest BCUT2D eigenvalue weighted by molar-refractivity contribution is -0.0329. The molecule has 0 fully saturated rings. The van der Waals surface area contributed by atoms with Crippen LogP contribution in [0.2, 0.25) is 0 Å². The number of ether oxygens (including phenoxy) is 1. The van der Waals surface area contributed by atoms with Crippen LogP contribution in [-0.2, 0) is 5.33 Å². The number of rotatable bonds is 5. The van der Waals surface area contributed by atoms with Gasteiger partial charge < -0.3 is 4.74 Å². The molecule has 0 bridgehead atoms. The van der Waals surface area contributed by atoms with Crippen molar-refractivity contribution in [2.75, 3.05) is 12.4 Å². The summed E-state index contributed by atoms with van der Waals surface area (Å²) in [7, 11) is 0. The van der Waals surface area contributed by atoms with E-state index in [0.717, 1.165) is 5.56 Å². The third kappa shape index (κ3) is 5.63. The third-order valence-electron chi connectivity index (χ3n) is 1.76. The molecule has 0 saturated heterocycles. The Balaban J connectivity index is 2.42. The van der Waals surface area contributed by atoms with Crippen LogP contribution in [0.4, 0.5) is 17.6 Å². The van der Waals surface area contributed by atoms with E-state index in [1.165, 1.54) is 12.1 Å². The number of alkyl halides is 4. The van der Waals surface area contributed by atoms with Crippen molar-refractivity contribution in [2.45, 2.75) is 10.8 Å². The highest BCUT2D eigenvalue weighted by molar-refractivity contribution is 9.08. The van der Waals surface area contributed by atoms with Crippen LogP contribution in [0.1, 0.15) is 5.56 Å². The number of halogens is 5.